The third-order valence-electron chi connectivity index (χ3n) is 11.8. The highest BCUT2D eigenvalue weighted by Gasteiger charge is 2.55. The molecule has 0 unspecified atom stereocenters. The van der Waals surface area contributed by atoms with Crippen LogP contribution in [0.15, 0.2) is 30.3 Å². The quantitative estimate of drug-likeness (QED) is 0.281. The maximum atomic E-state index is 13.8. The first kappa shape index (κ1) is 28.3. The minimum absolute atomic E-state index is 0.00796. The number of nitrogens with two attached hydrogens (primary N) is 1. The Balaban J connectivity index is 1.07. The average molecular weight is 622 g/mol. The molecular weight excluding hydrogens is 578 g/mol. The molecule has 2 bridgehead atoms. The SMILES string of the molecule is COc1cc(C(=O)N2[C@H]3CC[C@@H]2[C@H](N)C3)cc2nc(-c3cc4ccc([C@@H](C)NC(=O)C5CC6(CC6)C5)nc4n3CC3CC3)c(C)n12. The van der Waals surface area contributed by atoms with Gasteiger partial charge >= 0.3 is 0 Å². The van der Waals surface area contributed by atoms with Crippen molar-refractivity contribution in [3.05, 3.63) is 47.3 Å². The minimum Gasteiger partial charge on any atom is -0.482 e. The molecule has 3 aliphatic carbocycles. The number of pyridine rings is 2. The fraction of sp³-hybridized carbons (Fsp3) is 0.556. The van der Waals surface area contributed by atoms with E-state index in [0.717, 1.165) is 72.5 Å². The summed E-state index contributed by atoms with van der Waals surface area (Å²) in [7, 11) is 1.64. The summed E-state index contributed by atoms with van der Waals surface area (Å²) in [6, 6.07) is 10.3. The molecule has 2 amide bonds. The zero-order chi connectivity index (χ0) is 31.5. The van der Waals surface area contributed by atoms with Gasteiger partial charge in [-0.2, -0.15) is 0 Å². The standard InChI is InChI=1S/C36H43N7O3/c1-19(38-34(44)24-16-36(17-24)10-11-36)27-8-6-22-12-29(41(33(22)39-27)18-21-4-5-21)32-20(2)42-30(40-32)13-23(14-31(42)46-3)35(45)43-25-7-9-28(43)26(37)15-25/h6,8,12-14,19,21,24-26,28H,4-5,7,9-11,15-18,37H2,1-3H3,(H,38,44)/t19-,25+,26-,28-/m1/s1. The molecule has 3 saturated carbocycles. The number of imidazole rings is 1. The van der Waals surface area contributed by atoms with Crippen LogP contribution in [-0.4, -0.2) is 60.9 Å². The number of methoxy groups -OCH3 is 1. The topological polar surface area (TPSA) is 120 Å². The summed E-state index contributed by atoms with van der Waals surface area (Å²) in [5.74, 6) is 1.51. The van der Waals surface area contributed by atoms with Crippen molar-refractivity contribution >= 4 is 28.5 Å². The van der Waals surface area contributed by atoms with Crippen molar-refractivity contribution < 1.29 is 14.3 Å². The van der Waals surface area contributed by atoms with Gasteiger partial charge < -0.3 is 25.3 Å². The van der Waals surface area contributed by atoms with E-state index in [2.05, 4.69) is 28.9 Å². The number of carbonyl (C=O) groups excluding carboxylic acids is 2. The van der Waals surface area contributed by atoms with E-state index in [-0.39, 0.29) is 41.9 Å². The Labute approximate surface area is 268 Å². The Bertz CT molecular complexity index is 1910. The van der Waals surface area contributed by atoms with Crippen molar-refractivity contribution in [1.82, 2.24) is 29.2 Å². The van der Waals surface area contributed by atoms with Gasteiger partial charge in [-0.05, 0) is 107 Å². The number of carbonyl (C=O) groups is 2. The number of rotatable bonds is 8. The summed E-state index contributed by atoms with van der Waals surface area (Å²) < 4.78 is 10.2. The van der Waals surface area contributed by atoms with Crippen LogP contribution in [0.2, 0.25) is 0 Å². The molecule has 10 nitrogen and oxygen atoms in total. The van der Waals surface area contributed by atoms with E-state index in [1.54, 1.807) is 7.11 Å². The Kier molecular flexibility index (Phi) is 6.18. The van der Waals surface area contributed by atoms with Gasteiger partial charge in [-0.25, -0.2) is 9.97 Å². The molecule has 5 aliphatic rings. The number of nitrogens with zero attached hydrogens (tertiary/aromatic N) is 5. The monoisotopic (exact) mass is 621 g/mol. The summed E-state index contributed by atoms with van der Waals surface area (Å²) in [4.78, 5) is 39.1. The largest absolute Gasteiger partial charge is 0.482 e. The van der Waals surface area contributed by atoms with Crippen molar-refractivity contribution in [2.45, 2.75) is 102 Å². The van der Waals surface area contributed by atoms with E-state index >= 15 is 0 Å². The molecule has 2 aliphatic heterocycles. The third kappa shape index (κ3) is 4.39. The molecule has 5 fully saturated rings. The van der Waals surface area contributed by atoms with E-state index in [4.69, 9.17) is 20.4 Å². The van der Waals surface area contributed by atoms with Gasteiger partial charge in [-0.1, -0.05) is 0 Å². The number of fused-ring (bicyclic) bond motifs is 4. The molecule has 4 aromatic rings. The van der Waals surface area contributed by atoms with Gasteiger partial charge in [0, 0.05) is 47.6 Å². The molecule has 0 radical (unpaired) electrons. The van der Waals surface area contributed by atoms with Crippen LogP contribution < -0.4 is 15.8 Å². The van der Waals surface area contributed by atoms with Crippen LogP contribution in [0.25, 0.3) is 28.1 Å². The highest BCUT2D eigenvalue weighted by atomic mass is 16.5. The minimum atomic E-state index is -0.169. The third-order valence-corrected chi connectivity index (χ3v) is 11.8. The Hall–Kier alpha value is -3.92. The molecule has 4 aromatic heterocycles. The van der Waals surface area contributed by atoms with Crippen LogP contribution in [0.5, 0.6) is 5.88 Å². The summed E-state index contributed by atoms with van der Waals surface area (Å²) in [6.45, 7) is 4.96. The van der Waals surface area contributed by atoms with Gasteiger partial charge in [-0.15, -0.1) is 0 Å². The second kappa shape index (κ2) is 10.0. The van der Waals surface area contributed by atoms with Crippen molar-refractivity contribution in [2.75, 3.05) is 7.11 Å². The summed E-state index contributed by atoms with van der Waals surface area (Å²) in [5, 5.41) is 4.30. The zero-order valence-electron chi connectivity index (χ0n) is 27.0. The predicted octanol–water partition coefficient (Wildman–Crippen LogP) is 5.15. The summed E-state index contributed by atoms with van der Waals surface area (Å²) in [6.07, 6.45) is 9.93. The highest BCUT2D eigenvalue weighted by Crippen LogP contribution is 2.63. The summed E-state index contributed by atoms with van der Waals surface area (Å²) >= 11 is 0. The first-order valence-electron chi connectivity index (χ1n) is 17.2. The summed E-state index contributed by atoms with van der Waals surface area (Å²) in [5.41, 5.74) is 12.7. The number of hydrogen-bond donors (Lipinski definition) is 2. The normalized spacial score (nSPS) is 25.4. The molecule has 6 heterocycles. The number of amides is 2. The van der Waals surface area contributed by atoms with Crippen LogP contribution in [0.4, 0.5) is 0 Å². The first-order valence-corrected chi connectivity index (χ1v) is 17.2. The van der Waals surface area contributed by atoms with E-state index in [9.17, 15) is 9.59 Å². The van der Waals surface area contributed by atoms with Crippen LogP contribution in [-0.2, 0) is 11.3 Å². The average Bonchev–Trinajstić information content (AvgIpc) is 3.90. The van der Waals surface area contributed by atoms with Gasteiger partial charge in [0.15, 0.2) is 5.88 Å². The maximum Gasteiger partial charge on any atom is 0.254 e. The first-order chi connectivity index (χ1) is 22.2. The second-order valence-corrected chi connectivity index (χ2v) is 15.0. The molecule has 46 heavy (non-hydrogen) atoms. The molecule has 4 atom stereocenters. The van der Waals surface area contributed by atoms with Crippen LogP contribution in [0, 0.1) is 24.2 Å². The van der Waals surface area contributed by atoms with Crippen molar-refractivity contribution in [3.63, 3.8) is 0 Å². The molecular formula is C36H43N7O3. The van der Waals surface area contributed by atoms with Gasteiger partial charge in [0.05, 0.1) is 30.2 Å². The predicted molar refractivity (Wildman–Crippen MR) is 174 cm³/mol. The second-order valence-electron chi connectivity index (χ2n) is 15.0. The lowest BCUT2D eigenvalue weighted by Gasteiger charge is -2.35. The van der Waals surface area contributed by atoms with E-state index in [1.165, 1.54) is 25.7 Å². The van der Waals surface area contributed by atoms with Gasteiger partial charge in [0.2, 0.25) is 5.91 Å². The van der Waals surface area contributed by atoms with Crippen LogP contribution >= 0.6 is 0 Å². The lowest BCUT2D eigenvalue weighted by molar-refractivity contribution is -0.130. The van der Waals surface area contributed by atoms with Crippen LogP contribution in [0.3, 0.4) is 0 Å². The molecule has 0 aromatic carbocycles. The van der Waals surface area contributed by atoms with E-state index in [0.29, 0.717) is 28.4 Å². The number of aromatic nitrogens is 4. The lowest BCUT2D eigenvalue weighted by atomic mass is 9.71. The number of nitrogens with one attached hydrogen (secondary N) is 1. The van der Waals surface area contributed by atoms with E-state index < -0.39 is 0 Å². The lowest BCUT2D eigenvalue weighted by Crippen LogP contribution is -2.40. The molecule has 2 saturated heterocycles. The molecule has 3 N–H and O–H groups in total. The van der Waals surface area contributed by atoms with E-state index in [1.807, 2.05) is 34.4 Å². The molecule has 10 heteroatoms. The fourth-order valence-corrected chi connectivity index (χ4v) is 8.78. The number of ether oxygens (including phenoxy) is 1. The fourth-order valence-electron chi connectivity index (χ4n) is 8.78. The Morgan fingerprint density at radius 1 is 1.11 bits per heavy atom. The van der Waals surface area contributed by atoms with Gasteiger partial charge in [0.25, 0.3) is 5.91 Å². The van der Waals surface area contributed by atoms with Crippen molar-refractivity contribution in [2.24, 2.45) is 23.0 Å². The smallest absolute Gasteiger partial charge is 0.254 e. The van der Waals surface area contributed by atoms with Crippen molar-refractivity contribution in [1.29, 1.82) is 0 Å². The van der Waals surface area contributed by atoms with Crippen LogP contribution in [0.1, 0.15) is 92.5 Å². The Morgan fingerprint density at radius 3 is 2.59 bits per heavy atom. The number of aryl methyl sites for hydroxylation is 1. The maximum absolute atomic E-state index is 13.8. The molecule has 240 valence electrons. The zero-order valence-corrected chi connectivity index (χ0v) is 27.0. The Morgan fingerprint density at radius 2 is 1.91 bits per heavy atom. The number of hydrogen-bond acceptors (Lipinski definition) is 6. The molecule has 9 rings (SSSR count). The highest BCUT2D eigenvalue weighted by molar-refractivity contribution is 5.97. The van der Waals surface area contributed by atoms with Crippen molar-refractivity contribution in [3.8, 4) is 17.3 Å². The van der Waals surface area contributed by atoms with Gasteiger partial charge in [-0.3, -0.25) is 14.0 Å². The molecule has 1 spiro atoms. The van der Waals surface area contributed by atoms with Gasteiger partial charge in [0.1, 0.15) is 17.0 Å².